The third kappa shape index (κ3) is 3.74. The summed E-state index contributed by atoms with van der Waals surface area (Å²) in [5.74, 6) is -0.943. The van der Waals surface area contributed by atoms with Gasteiger partial charge in [0.25, 0.3) is 0 Å². The number of benzene rings is 1. The normalized spacial score (nSPS) is 13.2. The van der Waals surface area contributed by atoms with Crippen LogP contribution in [0.15, 0.2) is 12.1 Å². The molecule has 3 N–H and O–H groups in total. The van der Waals surface area contributed by atoms with Crippen LogP contribution in [0.2, 0.25) is 5.02 Å². The molecule has 8 heteroatoms. The fourth-order valence-corrected chi connectivity index (χ4v) is 1.71. The quantitative estimate of drug-likeness (QED) is 0.661. The molecule has 4 nitrogen and oxygen atoms in total. The molecule has 0 heterocycles. The smallest absolute Gasteiger partial charge is 0.418 e. The zero-order valence-corrected chi connectivity index (χ0v) is 10.5. The first-order valence-corrected chi connectivity index (χ1v) is 5.45. The third-order valence-electron chi connectivity index (χ3n) is 2.40. The number of nitrogen functional groups attached to an aromatic ring is 1. The van der Waals surface area contributed by atoms with Crippen LogP contribution in [-0.2, 0) is 22.1 Å². The zero-order valence-electron chi connectivity index (χ0n) is 9.79. The molecule has 0 aliphatic carbocycles. The molecule has 106 valence electrons. The van der Waals surface area contributed by atoms with Gasteiger partial charge >= 0.3 is 12.1 Å². The van der Waals surface area contributed by atoms with Crippen molar-refractivity contribution in [3.8, 4) is 0 Å². The Bertz CT molecular complexity index is 491. The van der Waals surface area contributed by atoms with E-state index in [1.54, 1.807) is 0 Å². The standard InChI is InChI=1S/C11H11ClF3NO3/c1-19-10(18)8(17)4-5-2-6(11(13,14)15)9(16)7(12)3-5/h2-3,8,17H,4,16H2,1H3. The number of nitrogens with two attached hydrogens (primary N) is 1. The molecule has 0 aliphatic rings. The topological polar surface area (TPSA) is 72.5 Å². The van der Waals surface area contributed by atoms with Crippen LogP contribution in [0, 0.1) is 0 Å². The molecule has 19 heavy (non-hydrogen) atoms. The second-order valence-corrected chi connectivity index (χ2v) is 4.19. The lowest BCUT2D eigenvalue weighted by Gasteiger charge is -2.14. The van der Waals surface area contributed by atoms with Crippen molar-refractivity contribution in [2.24, 2.45) is 0 Å². The van der Waals surface area contributed by atoms with Crippen molar-refractivity contribution in [2.75, 3.05) is 12.8 Å². The van der Waals surface area contributed by atoms with Gasteiger partial charge in [-0.15, -0.1) is 0 Å². The van der Waals surface area contributed by atoms with E-state index in [1.165, 1.54) is 0 Å². The highest BCUT2D eigenvalue weighted by Gasteiger charge is 2.34. The van der Waals surface area contributed by atoms with E-state index in [4.69, 9.17) is 17.3 Å². The van der Waals surface area contributed by atoms with Gasteiger partial charge < -0.3 is 15.6 Å². The molecule has 0 bridgehead atoms. The lowest BCUT2D eigenvalue weighted by molar-refractivity contribution is -0.150. The molecule has 1 unspecified atom stereocenters. The SMILES string of the molecule is COC(=O)C(O)Cc1cc(Cl)c(N)c(C(F)(F)F)c1. The van der Waals surface area contributed by atoms with Gasteiger partial charge in [0.2, 0.25) is 0 Å². The molecular formula is C11H11ClF3NO3. The number of aliphatic hydroxyl groups excluding tert-OH is 1. The number of hydrogen-bond acceptors (Lipinski definition) is 4. The second kappa shape index (κ2) is 5.66. The zero-order chi connectivity index (χ0) is 14.8. The average molecular weight is 298 g/mol. The van der Waals surface area contributed by atoms with Crippen molar-refractivity contribution >= 4 is 23.3 Å². The van der Waals surface area contributed by atoms with Crippen LogP contribution in [0.3, 0.4) is 0 Å². The van der Waals surface area contributed by atoms with Crippen LogP contribution in [0.1, 0.15) is 11.1 Å². The lowest BCUT2D eigenvalue weighted by Crippen LogP contribution is -2.24. The molecule has 1 rings (SSSR count). The summed E-state index contributed by atoms with van der Waals surface area (Å²) < 4.78 is 42.3. The highest BCUT2D eigenvalue weighted by Crippen LogP contribution is 2.37. The molecule has 0 radical (unpaired) electrons. The third-order valence-corrected chi connectivity index (χ3v) is 2.71. The molecule has 1 aromatic carbocycles. The Morgan fingerprint density at radius 2 is 2.11 bits per heavy atom. The van der Waals surface area contributed by atoms with Gasteiger partial charge in [0, 0.05) is 6.42 Å². The van der Waals surface area contributed by atoms with Crippen LogP contribution in [0.25, 0.3) is 0 Å². The fraction of sp³-hybridized carbons (Fsp3) is 0.364. The van der Waals surface area contributed by atoms with Crippen molar-refractivity contribution in [3.05, 3.63) is 28.3 Å². The first-order chi connectivity index (χ1) is 8.66. The Labute approximate surface area is 111 Å². The largest absolute Gasteiger partial charge is 0.467 e. The van der Waals surface area contributed by atoms with Crippen LogP contribution in [-0.4, -0.2) is 24.3 Å². The van der Waals surface area contributed by atoms with Crippen molar-refractivity contribution in [2.45, 2.75) is 18.7 Å². The highest BCUT2D eigenvalue weighted by molar-refractivity contribution is 6.33. The lowest BCUT2D eigenvalue weighted by atomic mass is 10.0. The van der Waals surface area contributed by atoms with Gasteiger partial charge in [-0.3, -0.25) is 0 Å². The monoisotopic (exact) mass is 297 g/mol. The van der Waals surface area contributed by atoms with Crippen LogP contribution in [0.4, 0.5) is 18.9 Å². The number of carbonyl (C=O) groups is 1. The van der Waals surface area contributed by atoms with Gasteiger partial charge in [0.15, 0.2) is 6.10 Å². The molecular weight excluding hydrogens is 287 g/mol. The Balaban J connectivity index is 3.11. The number of ether oxygens (including phenoxy) is 1. The maximum atomic E-state index is 12.7. The highest BCUT2D eigenvalue weighted by atomic mass is 35.5. The minimum absolute atomic E-state index is 0.0319. The molecule has 0 saturated carbocycles. The van der Waals surface area contributed by atoms with E-state index in [1.807, 2.05) is 0 Å². The Hall–Kier alpha value is -1.47. The van der Waals surface area contributed by atoms with E-state index in [0.29, 0.717) is 0 Å². The maximum Gasteiger partial charge on any atom is 0.418 e. The van der Waals surface area contributed by atoms with Gasteiger partial charge in [-0.25, -0.2) is 4.79 Å². The van der Waals surface area contributed by atoms with Gasteiger partial charge in [-0.05, 0) is 17.7 Å². The van der Waals surface area contributed by atoms with Crippen molar-refractivity contribution in [1.82, 2.24) is 0 Å². The predicted molar refractivity (Wildman–Crippen MR) is 62.6 cm³/mol. The van der Waals surface area contributed by atoms with Gasteiger partial charge in [0.05, 0.1) is 23.4 Å². The van der Waals surface area contributed by atoms with Gasteiger partial charge in [-0.1, -0.05) is 11.6 Å². The molecule has 0 spiro atoms. The molecule has 0 amide bonds. The number of anilines is 1. The second-order valence-electron chi connectivity index (χ2n) is 3.78. The Morgan fingerprint density at radius 3 is 2.58 bits per heavy atom. The molecule has 1 atom stereocenters. The van der Waals surface area contributed by atoms with Gasteiger partial charge in [-0.2, -0.15) is 13.2 Å². The molecule has 0 aliphatic heterocycles. The molecule has 0 aromatic heterocycles. The minimum atomic E-state index is -4.67. The van der Waals surface area contributed by atoms with Crippen molar-refractivity contribution < 1.29 is 27.8 Å². The van der Waals surface area contributed by atoms with E-state index in [0.717, 1.165) is 19.2 Å². The maximum absolute atomic E-state index is 12.7. The van der Waals surface area contributed by atoms with E-state index >= 15 is 0 Å². The van der Waals surface area contributed by atoms with Crippen molar-refractivity contribution in [1.29, 1.82) is 0 Å². The number of methoxy groups -OCH3 is 1. The van der Waals surface area contributed by atoms with E-state index < -0.39 is 29.5 Å². The van der Waals surface area contributed by atoms with Crippen LogP contribution < -0.4 is 5.73 Å². The van der Waals surface area contributed by atoms with Crippen LogP contribution >= 0.6 is 11.6 Å². The molecule has 1 aromatic rings. The average Bonchev–Trinajstić information content (AvgIpc) is 2.30. The summed E-state index contributed by atoms with van der Waals surface area (Å²) in [4.78, 5) is 11.0. The van der Waals surface area contributed by atoms with Crippen LogP contribution in [0.5, 0.6) is 0 Å². The molecule has 0 saturated heterocycles. The predicted octanol–water partition coefficient (Wildman–Crippen LogP) is 2.02. The van der Waals surface area contributed by atoms with E-state index in [2.05, 4.69) is 4.74 Å². The number of rotatable bonds is 3. The van der Waals surface area contributed by atoms with Crippen molar-refractivity contribution in [3.63, 3.8) is 0 Å². The van der Waals surface area contributed by atoms with Gasteiger partial charge in [0.1, 0.15) is 0 Å². The fourth-order valence-electron chi connectivity index (χ4n) is 1.47. The Kier molecular flexibility index (Phi) is 4.65. The van der Waals surface area contributed by atoms with E-state index in [-0.39, 0.29) is 17.0 Å². The number of carbonyl (C=O) groups excluding carboxylic acids is 1. The Morgan fingerprint density at radius 1 is 1.53 bits per heavy atom. The summed E-state index contributed by atoms with van der Waals surface area (Å²) in [6.45, 7) is 0. The summed E-state index contributed by atoms with van der Waals surface area (Å²) in [5, 5.41) is 9.10. The number of alkyl halides is 3. The number of hydrogen-bond donors (Lipinski definition) is 2. The summed E-state index contributed by atoms with van der Waals surface area (Å²) in [6, 6.07) is 1.91. The summed E-state index contributed by atoms with van der Waals surface area (Å²) in [5.41, 5.74) is 3.58. The molecule has 0 fully saturated rings. The first kappa shape index (κ1) is 15.6. The number of esters is 1. The number of halogens is 4. The first-order valence-electron chi connectivity index (χ1n) is 5.07. The van der Waals surface area contributed by atoms with E-state index in [9.17, 15) is 23.1 Å². The minimum Gasteiger partial charge on any atom is -0.467 e. The summed E-state index contributed by atoms with van der Waals surface area (Å²) >= 11 is 5.60. The number of aliphatic hydroxyl groups is 1. The summed E-state index contributed by atoms with van der Waals surface area (Å²) in [7, 11) is 1.06. The summed E-state index contributed by atoms with van der Waals surface area (Å²) in [6.07, 6.45) is -6.58.